The SMILES string of the molecule is CCc1ccccc1NS(=O)(=O)c1cc(-c2c(C)noc2NC(C)=O)ccc1OC. The van der Waals surface area contributed by atoms with E-state index in [4.69, 9.17) is 9.26 Å². The molecular weight excluding hydrogens is 406 g/mol. The van der Waals surface area contributed by atoms with Crippen LogP contribution >= 0.6 is 0 Å². The molecule has 30 heavy (non-hydrogen) atoms. The van der Waals surface area contributed by atoms with Gasteiger partial charge in [-0.1, -0.05) is 36.3 Å². The summed E-state index contributed by atoms with van der Waals surface area (Å²) in [6.45, 7) is 5.01. The standard InChI is InChI=1S/C21H23N3O5S/c1-5-15-8-6-7-9-17(15)24-30(26,27)19-12-16(10-11-18(19)28-4)20-13(2)23-29-21(20)22-14(3)25/h6-12,24H,5H2,1-4H3,(H,22,25). The molecule has 8 nitrogen and oxygen atoms in total. The van der Waals surface area contributed by atoms with Crippen molar-refractivity contribution in [3.05, 3.63) is 53.7 Å². The van der Waals surface area contributed by atoms with Crippen molar-refractivity contribution in [2.75, 3.05) is 17.1 Å². The number of aromatic nitrogens is 1. The zero-order valence-corrected chi connectivity index (χ0v) is 18.0. The molecule has 2 N–H and O–H groups in total. The molecule has 0 unspecified atom stereocenters. The molecule has 0 aliphatic carbocycles. The van der Waals surface area contributed by atoms with Crippen molar-refractivity contribution < 1.29 is 22.5 Å². The van der Waals surface area contributed by atoms with Crippen molar-refractivity contribution in [2.24, 2.45) is 0 Å². The Morgan fingerprint density at radius 1 is 1.20 bits per heavy atom. The first-order valence-corrected chi connectivity index (χ1v) is 10.8. The minimum atomic E-state index is -3.96. The predicted molar refractivity (Wildman–Crippen MR) is 114 cm³/mol. The van der Waals surface area contributed by atoms with Crippen LogP contribution in [0.4, 0.5) is 11.6 Å². The van der Waals surface area contributed by atoms with Crippen LogP contribution in [0.2, 0.25) is 0 Å². The molecule has 0 bridgehead atoms. The lowest BCUT2D eigenvalue weighted by Crippen LogP contribution is -2.15. The molecule has 3 aromatic rings. The molecule has 3 rings (SSSR count). The number of nitrogens with one attached hydrogen (secondary N) is 2. The summed E-state index contributed by atoms with van der Waals surface area (Å²) in [6.07, 6.45) is 0.676. The van der Waals surface area contributed by atoms with E-state index in [1.54, 1.807) is 31.2 Å². The van der Waals surface area contributed by atoms with Crippen LogP contribution in [0.3, 0.4) is 0 Å². The summed E-state index contributed by atoms with van der Waals surface area (Å²) in [4.78, 5) is 11.4. The number of amides is 1. The van der Waals surface area contributed by atoms with Gasteiger partial charge in [-0.05, 0) is 42.7 Å². The minimum absolute atomic E-state index is 0.0391. The highest BCUT2D eigenvalue weighted by atomic mass is 32.2. The number of aryl methyl sites for hydroxylation is 2. The molecule has 0 aliphatic rings. The highest BCUT2D eigenvalue weighted by Crippen LogP contribution is 2.36. The number of benzene rings is 2. The van der Waals surface area contributed by atoms with E-state index in [0.717, 1.165) is 5.56 Å². The minimum Gasteiger partial charge on any atom is -0.495 e. The third-order valence-electron chi connectivity index (χ3n) is 4.54. The van der Waals surface area contributed by atoms with Crippen LogP contribution < -0.4 is 14.8 Å². The molecule has 0 atom stereocenters. The first kappa shape index (κ1) is 21.4. The molecule has 0 aliphatic heterocycles. The van der Waals surface area contributed by atoms with Gasteiger partial charge in [0, 0.05) is 6.92 Å². The Kier molecular flexibility index (Phi) is 6.12. The number of nitrogens with zero attached hydrogens (tertiary/aromatic N) is 1. The number of ether oxygens (including phenoxy) is 1. The maximum Gasteiger partial charge on any atom is 0.265 e. The second kappa shape index (κ2) is 8.58. The highest BCUT2D eigenvalue weighted by molar-refractivity contribution is 7.92. The van der Waals surface area contributed by atoms with Gasteiger partial charge in [0.05, 0.1) is 24.1 Å². The summed E-state index contributed by atoms with van der Waals surface area (Å²) in [5, 5.41) is 6.45. The molecule has 0 spiro atoms. The Hall–Kier alpha value is -3.33. The van der Waals surface area contributed by atoms with Crippen LogP contribution in [0.25, 0.3) is 11.1 Å². The van der Waals surface area contributed by atoms with Gasteiger partial charge in [0.25, 0.3) is 10.0 Å². The average Bonchev–Trinajstić information content (AvgIpc) is 3.07. The maximum atomic E-state index is 13.2. The van der Waals surface area contributed by atoms with Gasteiger partial charge >= 0.3 is 0 Å². The second-order valence-electron chi connectivity index (χ2n) is 6.64. The van der Waals surface area contributed by atoms with Gasteiger partial charge in [0.1, 0.15) is 10.6 Å². The van der Waals surface area contributed by atoms with Crippen LogP contribution in [0, 0.1) is 6.92 Å². The van der Waals surface area contributed by atoms with E-state index in [9.17, 15) is 13.2 Å². The Morgan fingerprint density at radius 3 is 2.60 bits per heavy atom. The highest BCUT2D eigenvalue weighted by Gasteiger charge is 2.24. The van der Waals surface area contributed by atoms with E-state index in [-0.39, 0.29) is 22.4 Å². The summed E-state index contributed by atoms with van der Waals surface area (Å²) >= 11 is 0. The smallest absolute Gasteiger partial charge is 0.265 e. The van der Waals surface area contributed by atoms with Crippen molar-refractivity contribution in [2.45, 2.75) is 32.1 Å². The number of carbonyl (C=O) groups excluding carboxylic acids is 1. The van der Waals surface area contributed by atoms with E-state index in [1.165, 1.54) is 20.1 Å². The quantitative estimate of drug-likeness (QED) is 0.588. The van der Waals surface area contributed by atoms with Gasteiger partial charge < -0.3 is 9.26 Å². The fourth-order valence-corrected chi connectivity index (χ4v) is 4.42. The summed E-state index contributed by atoms with van der Waals surface area (Å²) in [5.41, 5.74) is 2.91. The monoisotopic (exact) mass is 429 g/mol. The number of carbonyl (C=O) groups is 1. The normalized spacial score (nSPS) is 11.2. The summed E-state index contributed by atoms with van der Waals surface area (Å²) in [6, 6.07) is 11.9. The van der Waals surface area contributed by atoms with Gasteiger partial charge in [0.2, 0.25) is 11.8 Å². The summed E-state index contributed by atoms with van der Waals surface area (Å²) in [7, 11) is -2.56. The van der Waals surface area contributed by atoms with E-state index in [1.807, 2.05) is 19.1 Å². The van der Waals surface area contributed by atoms with Crippen molar-refractivity contribution in [1.82, 2.24) is 5.16 Å². The van der Waals surface area contributed by atoms with E-state index >= 15 is 0 Å². The lowest BCUT2D eigenvalue weighted by molar-refractivity contribution is -0.114. The zero-order valence-electron chi connectivity index (χ0n) is 17.1. The number of rotatable bonds is 7. The first-order chi connectivity index (χ1) is 14.3. The van der Waals surface area contributed by atoms with E-state index in [2.05, 4.69) is 15.2 Å². The van der Waals surface area contributed by atoms with Crippen molar-refractivity contribution in [3.63, 3.8) is 0 Å². The van der Waals surface area contributed by atoms with Crippen LogP contribution in [0.15, 0.2) is 51.9 Å². The Bertz CT molecular complexity index is 1190. The molecule has 0 saturated heterocycles. The van der Waals surface area contributed by atoms with Crippen molar-refractivity contribution >= 4 is 27.5 Å². The Morgan fingerprint density at radius 2 is 1.93 bits per heavy atom. The molecular formula is C21H23N3O5S. The third kappa shape index (κ3) is 4.30. The maximum absolute atomic E-state index is 13.2. The number of para-hydroxylation sites is 1. The molecule has 2 aromatic carbocycles. The number of hydrogen-bond acceptors (Lipinski definition) is 6. The number of hydrogen-bond donors (Lipinski definition) is 2. The van der Waals surface area contributed by atoms with Gasteiger partial charge in [-0.15, -0.1) is 0 Å². The fourth-order valence-electron chi connectivity index (χ4n) is 3.13. The molecule has 1 amide bonds. The van der Waals surface area contributed by atoms with Gasteiger partial charge in [-0.2, -0.15) is 0 Å². The molecule has 0 saturated carbocycles. The topological polar surface area (TPSA) is 111 Å². The number of anilines is 2. The molecule has 0 radical (unpaired) electrons. The van der Waals surface area contributed by atoms with Crippen LogP contribution in [0.1, 0.15) is 25.1 Å². The second-order valence-corrected chi connectivity index (χ2v) is 8.29. The summed E-state index contributed by atoms with van der Waals surface area (Å²) in [5.74, 6) is 0.0137. The molecule has 158 valence electrons. The van der Waals surface area contributed by atoms with Crippen LogP contribution in [-0.4, -0.2) is 26.6 Å². The lowest BCUT2D eigenvalue weighted by atomic mass is 10.1. The third-order valence-corrected chi connectivity index (χ3v) is 5.92. The lowest BCUT2D eigenvalue weighted by Gasteiger charge is -2.15. The predicted octanol–water partition coefficient (Wildman–Crippen LogP) is 3.98. The van der Waals surface area contributed by atoms with Crippen molar-refractivity contribution in [1.29, 1.82) is 0 Å². The van der Waals surface area contributed by atoms with Gasteiger partial charge in [-0.3, -0.25) is 14.8 Å². The molecule has 1 heterocycles. The van der Waals surface area contributed by atoms with Crippen molar-refractivity contribution in [3.8, 4) is 16.9 Å². The molecule has 1 aromatic heterocycles. The van der Waals surface area contributed by atoms with Crippen LogP contribution in [0.5, 0.6) is 5.75 Å². The fraction of sp³-hybridized carbons (Fsp3) is 0.238. The van der Waals surface area contributed by atoms with E-state index in [0.29, 0.717) is 28.9 Å². The van der Waals surface area contributed by atoms with E-state index < -0.39 is 10.0 Å². The first-order valence-electron chi connectivity index (χ1n) is 9.29. The van der Waals surface area contributed by atoms with Crippen LogP contribution in [-0.2, 0) is 21.2 Å². The summed E-state index contributed by atoms with van der Waals surface area (Å²) < 4.78 is 39.6. The largest absolute Gasteiger partial charge is 0.495 e. The Labute approximate surface area is 175 Å². The van der Waals surface area contributed by atoms with Gasteiger partial charge in [-0.25, -0.2) is 8.42 Å². The van der Waals surface area contributed by atoms with Gasteiger partial charge in [0.15, 0.2) is 0 Å². The zero-order chi connectivity index (χ0) is 21.9. The number of methoxy groups -OCH3 is 1. The Balaban J connectivity index is 2.10. The molecule has 0 fully saturated rings. The average molecular weight is 429 g/mol. The number of sulfonamides is 1. The molecule has 9 heteroatoms.